The number of para-hydroxylation sites is 1. The van der Waals surface area contributed by atoms with Crippen molar-refractivity contribution in [1.82, 2.24) is 15.1 Å². The van der Waals surface area contributed by atoms with Gasteiger partial charge in [0.05, 0.1) is 12.8 Å². The Kier molecular flexibility index (Phi) is 4.29. The van der Waals surface area contributed by atoms with Crippen molar-refractivity contribution in [3.63, 3.8) is 0 Å². The first-order valence-corrected chi connectivity index (χ1v) is 8.27. The summed E-state index contributed by atoms with van der Waals surface area (Å²) in [5, 5.41) is 8.20. The molecule has 124 valence electrons. The Hall–Kier alpha value is -2.60. The summed E-state index contributed by atoms with van der Waals surface area (Å²) in [7, 11) is 0. The lowest BCUT2D eigenvalue weighted by Crippen LogP contribution is -2.30. The van der Waals surface area contributed by atoms with Crippen LogP contribution in [0.3, 0.4) is 0 Å². The van der Waals surface area contributed by atoms with Crippen LogP contribution in [0.25, 0.3) is 11.7 Å². The molecule has 6 nitrogen and oxygen atoms in total. The maximum atomic E-state index is 5.71. The van der Waals surface area contributed by atoms with E-state index >= 15 is 0 Å². The molecule has 0 spiro atoms. The van der Waals surface area contributed by atoms with Crippen molar-refractivity contribution in [1.29, 1.82) is 0 Å². The van der Waals surface area contributed by atoms with E-state index in [0.29, 0.717) is 24.1 Å². The third kappa shape index (κ3) is 3.33. The van der Waals surface area contributed by atoms with Crippen LogP contribution in [0.4, 0.5) is 5.69 Å². The minimum Gasteiger partial charge on any atom is -0.459 e. The molecule has 2 aromatic heterocycles. The van der Waals surface area contributed by atoms with Gasteiger partial charge in [0.25, 0.3) is 5.89 Å². The quantitative estimate of drug-likeness (QED) is 0.735. The lowest BCUT2D eigenvalue weighted by Gasteiger charge is -2.23. The Balaban J connectivity index is 1.38. The van der Waals surface area contributed by atoms with Gasteiger partial charge in [0, 0.05) is 31.9 Å². The Morgan fingerprint density at radius 2 is 1.83 bits per heavy atom. The standard InChI is InChI=1S/C18H20N4O2/c1-2-6-15(7-3-1)22-10-5-9-21(11-12-22)14-17-19-20-18(24-17)16-8-4-13-23-16/h1-4,6-8,13H,5,9-12,14H2. The third-order valence-electron chi connectivity index (χ3n) is 4.27. The number of benzene rings is 1. The van der Waals surface area contributed by atoms with Gasteiger partial charge in [-0.1, -0.05) is 18.2 Å². The van der Waals surface area contributed by atoms with Crippen LogP contribution in [0.15, 0.2) is 57.6 Å². The highest BCUT2D eigenvalue weighted by Gasteiger charge is 2.18. The highest BCUT2D eigenvalue weighted by Crippen LogP contribution is 2.20. The van der Waals surface area contributed by atoms with Gasteiger partial charge in [-0.25, -0.2) is 0 Å². The largest absolute Gasteiger partial charge is 0.459 e. The smallest absolute Gasteiger partial charge is 0.283 e. The van der Waals surface area contributed by atoms with Gasteiger partial charge in [0.15, 0.2) is 5.76 Å². The van der Waals surface area contributed by atoms with Crippen LogP contribution in [-0.4, -0.2) is 41.3 Å². The molecule has 4 rings (SSSR count). The van der Waals surface area contributed by atoms with Crippen LogP contribution in [0, 0.1) is 0 Å². The van der Waals surface area contributed by atoms with E-state index in [2.05, 4.69) is 50.3 Å². The molecule has 0 amide bonds. The summed E-state index contributed by atoms with van der Waals surface area (Å²) >= 11 is 0. The monoisotopic (exact) mass is 324 g/mol. The van der Waals surface area contributed by atoms with Gasteiger partial charge < -0.3 is 13.7 Å². The summed E-state index contributed by atoms with van der Waals surface area (Å²) in [4.78, 5) is 4.80. The van der Waals surface area contributed by atoms with Gasteiger partial charge in [0.1, 0.15) is 0 Å². The van der Waals surface area contributed by atoms with E-state index in [0.717, 1.165) is 32.6 Å². The van der Waals surface area contributed by atoms with E-state index < -0.39 is 0 Å². The van der Waals surface area contributed by atoms with E-state index in [1.807, 2.05) is 12.1 Å². The second-order valence-corrected chi connectivity index (χ2v) is 5.93. The third-order valence-corrected chi connectivity index (χ3v) is 4.27. The molecule has 0 aliphatic carbocycles. The molecule has 0 atom stereocenters. The normalized spacial score (nSPS) is 16.2. The second kappa shape index (κ2) is 6.88. The highest BCUT2D eigenvalue weighted by molar-refractivity contribution is 5.46. The predicted molar refractivity (Wildman–Crippen MR) is 90.5 cm³/mol. The molecule has 0 radical (unpaired) electrons. The lowest BCUT2D eigenvalue weighted by molar-refractivity contribution is 0.255. The Morgan fingerprint density at radius 3 is 2.67 bits per heavy atom. The molecular formula is C18H20N4O2. The molecule has 1 fully saturated rings. The minimum absolute atomic E-state index is 0.440. The molecule has 24 heavy (non-hydrogen) atoms. The number of anilines is 1. The van der Waals surface area contributed by atoms with Crippen molar-refractivity contribution < 1.29 is 8.83 Å². The molecule has 0 bridgehead atoms. The maximum Gasteiger partial charge on any atom is 0.283 e. The molecular weight excluding hydrogens is 304 g/mol. The molecule has 1 aliphatic heterocycles. The van der Waals surface area contributed by atoms with E-state index in [4.69, 9.17) is 8.83 Å². The van der Waals surface area contributed by atoms with E-state index in [-0.39, 0.29) is 0 Å². The van der Waals surface area contributed by atoms with Gasteiger partial charge in [-0.2, -0.15) is 0 Å². The van der Waals surface area contributed by atoms with Gasteiger partial charge in [-0.05, 0) is 30.7 Å². The van der Waals surface area contributed by atoms with Crippen molar-refractivity contribution in [2.45, 2.75) is 13.0 Å². The molecule has 1 saturated heterocycles. The summed E-state index contributed by atoms with van der Waals surface area (Å²) in [5.41, 5.74) is 1.29. The second-order valence-electron chi connectivity index (χ2n) is 5.93. The average molecular weight is 324 g/mol. The Bertz CT molecular complexity index is 754. The van der Waals surface area contributed by atoms with Crippen molar-refractivity contribution in [3.8, 4) is 11.7 Å². The number of aromatic nitrogens is 2. The van der Waals surface area contributed by atoms with Gasteiger partial charge in [-0.3, -0.25) is 4.90 Å². The number of rotatable bonds is 4. The summed E-state index contributed by atoms with van der Waals surface area (Å²) in [6.07, 6.45) is 2.72. The van der Waals surface area contributed by atoms with Crippen LogP contribution in [-0.2, 0) is 6.54 Å². The van der Waals surface area contributed by atoms with Crippen LogP contribution < -0.4 is 4.90 Å². The molecule has 0 saturated carbocycles. The fourth-order valence-electron chi connectivity index (χ4n) is 3.03. The molecule has 3 aromatic rings. The predicted octanol–water partition coefficient (Wildman–Crippen LogP) is 3.04. The summed E-state index contributed by atoms with van der Waals surface area (Å²) < 4.78 is 11.0. The van der Waals surface area contributed by atoms with Crippen molar-refractivity contribution in [3.05, 3.63) is 54.6 Å². The molecule has 1 aromatic carbocycles. The number of hydrogen-bond donors (Lipinski definition) is 0. The fraction of sp³-hybridized carbons (Fsp3) is 0.333. The van der Waals surface area contributed by atoms with Crippen LogP contribution in [0.1, 0.15) is 12.3 Å². The summed E-state index contributed by atoms with van der Waals surface area (Å²) in [6.45, 7) is 4.76. The van der Waals surface area contributed by atoms with Crippen LogP contribution in [0.5, 0.6) is 0 Å². The highest BCUT2D eigenvalue weighted by atomic mass is 16.4. The number of furan rings is 1. The minimum atomic E-state index is 0.440. The van der Waals surface area contributed by atoms with Gasteiger partial charge in [-0.15, -0.1) is 10.2 Å². The number of nitrogens with zero attached hydrogens (tertiary/aromatic N) is 4. The number of hydrogen-bond acceptors (Lipinski definition) is 6. The summed E-state index contributed by atoms with van der Waals surface area (Å²) in [6, 6.07) is 14.2. The van der Waals surface area contributed by atoms with E-state index in [9.17, 15) is 0 Å². The molecule has 1 aliphatic rings. The average Bonchev–Trinajstić information content (AvgIpc) is 3.25. The summed E-state index contributed by atoms with van der Waals surface area (Å²) in [5.74, 6) is 1.69. The zero-order valence-electron chi connectivity index (χ0n) is 13.5. The first-order valence-electron chi connectivity index (χ1n) is 8.27. The Labute approximate surface area is 140 Å². The van der Waals surface area contributed by atoms with Crippen LogP contribution in [0.2, 0.25) is 0 Å². The van der Waals surface area contributed by atoms with Crippen molar-refractivity contribution in [2.75, 3.05) is 31.1 Å². The van der Waals surface area contributed by atoms with E-state index in [1.54, 1.807) is 6.26 Å². The molecule has 0 unspecified atom stereocenters. The maximum absolute atomic E-state index is 5.71. The van der Waals surface area contributed by atoms with E-state index in [1.165, 1.54) is 5.69 Å². The van der Waals surface area contributed by atoms with Gasteiger partial charge >= 0.3 is 0 Å². The SMILES string of the molecule is c1ccc(N2CCCN(Cc3nnc(-c4ccco4)o3)CC2)cc1. The van der Waals surface area contributed by atoms with Crippen molar-refractivity contribution in [2.24, 2.45) is 0 Å². The zero-order chi connectivity index (χ0) is 16.2. The topological polar surface area (TPSA) is 58.5 Å². The van der Waals surface area contributed by atoms with Crippen LogP contribution >= 0.6 is 0 Å². The first kappa shape index (κ1) is 15.0. The Morgan fingerprint density at radius 1 is 0.917 bits per heavy atom. The lowest BCUT2D eigenvalue weighted by atomic mass is 10.3. The molecule has 3 heterocycles. The fourth-order valence-corrected chi connectivity index (χ4v) is 3.03. The zero-order valence-corrected chi connectivity index (χ0v) is 13.5. The molecule has 6 heteroatoms. The van der Waals surface area contributed by atoms with Crippen molar-refractivity contribution >= 4 is 5.69 Å². The van der Waals surface area contributed by atoms with Gasteiger partial charge in [0.2, 0.25) is 5.89 Å². The molecule has 0 N–H and O–H groups in total. The first-order chi connectivity index (χ1) is 11.9.